The Morgan fingerprint density at radius 1 is 1.28 bits per heavy atom. The molecule has 0 bridgehead atoms. The smallest absolute Gasteiger partial charge is 0.251 e. The van der Waals surface area contributed by atoms with E-state index in [-0.39, 0.29) is 11.8 Å². The average molecular weight is 494 g/mol. The van der Waals surface area contributed by atoms with Crippen LogP contribution in [0.4, 0.5) is 11.5 Å². The molecule has 10 heteroatoms. The molecule has 1 aromatic heterocycles. The molecule has 3 atom stereocenters. The number of aryl methyl sites for hydroxylation is 1. The van der Waals surface area contributed by atoms with Crippen LogP contribution in [0.5, 0.6) is 5.75 Å². The molecule has 4 rings (SSSR count). The van der Waals surface area contributed by atoms with Crippen LogP contribution >= 0.6 is 0 Å². The van der Waals surface area contributed by atoms with Gasteiger partial charge in [0.1, 0.15) is 11.6 Å². The second-order valence-corrected chi connectivity index (χ2v) is 9.24. The van der Waals surface area contributed by atoms with E-state index in [4.69, 9.17) is 4.74 Å². The van der Waals surface area contributed by atoms with E-state index < -0.39 is 6.35 Å². The fourth-order valence-corrected chi connectivity index (χ4v) is 4.32. The maximum Gasteiger partial charge on any atom is 0.251 e. The molecule has 1 aromatic carbocycles. The number of aliphatic hydroxyl groups excluding tert-OH is 1. The van der Waals surface area contributed by atoms with Crippen molar-refractivity contribution in [3.8, 4) is 5.75 Å². The predicted molar refractivity (Wildman–Crippen MR) is 141 cm³/mol. The Kier molecular flexibility index (Phi) is 8.85. The number of hydrogen-bond acceptors (Lipinski definition) is 9. The van der Waals surface area contributed by atoms with Crippen molar-refractivity contribution < 1.29 is 14.6 Å². The summed E-state index contributed by atoms with van der Waals surface area (Å²) in [4.78, 5) is 27.8. The first-order chi connectivity index (χ1) is 17.5. The second-order valence-electron chi connectivity index (χ2n) is 9.24. The van der Waals surface area contributed by atoms with Crippen molar-refractivity contribution in [1.82, 2.24) is 20.2 Å². The van der Waals surface area contributed by atoms with Gasteiger partial charge < -0.3 is 30.7 Å². The van der Waals surface area contributed by atoms with Crippen molar-refractivity contribution in [2.24, 2.45) is 10.9 Å². The van der Waals surface area contributed by atoms with Gasteiger partial charge in [-0.15, -0.1) is 0 Å². The molecule has 2 aromatic rings. The lowest BCUT2D eigenvalue weighted by Crippen LogP contribution is -2.32. The number of likely N-dealkylation sites (tertiary alicyclic amines) is 1. The monoisotopic (exact) mass is 493 g/mol. The van der Waals surface area contributed by atoms with Gasteiger partial charge in [0, 0.05) is 36.8 Å². The summed E-state index contributed by atoms with van der Waals surface area (Å²) in [5, 5.41) is 19.4. The SMILES string of the molecule is Cc1cnc(NC(O)Nc2ccc(C(=O)NCCC3CCCN3C)cc2OCC2C=CC=NC2)cn1. The van der Waals surface area contributed by atoms with Gasteiger partial charge >= 0.3 is 0 Å². The van der Waals surface area contributed by atoms with Crippen LogP contribution in [0.25, 0.3) is 0 Å². The third-order valence-electron chi connectivity index (χ3n) is 6.40. The van der Waals surface area contributed by atoms with Gasteiger partial charge in [0.2, 0.25) is 6.35 Å². The van der Waals surface area contributed by atoms with E-state index in [0.29, 0.717) is 48.6 Å². The summed E-state index contributed by atoms with van der Waals surface area (Å²) in [6.45, 7) is 4.62. The van der Waals surface area contributed by atoms with Gasteiger partial charge in [0.15, 0.2) is 0 Å². The summed E-state index contributed by atoms with van der Waals surface area (Å²) in [5.74, 6) is 0.881. The molecule has 0 radical (unpaired) electrons. The number of aliphatic imine (C=N–C) groups is 1. The van der Waals surface area contributed by atoms with E-state index in [2.05, 4.69) is 42.9 Å². The summed E-state index contributed by atoms with van der Waals surface area (Å²) in [6.07, 6.45) is 11.0. The Labute approximate surface area is 211 Å². The molecule has 4 N–H and O–H groups in total. The van der Waals surface area contributed by atoms with E-state index >= 15 is 0 Å². The molecule has 0 saturated carbocycles. The van der Waals surface area contributed by atoms with Crippen molar-refractivity contribution in [2.45, 2.75) is 38.6 Å². The normalized spacial score (nSPS) is 20.2. The summed E-state index contributed by atoms with van der Waals surface area (Å²) in [6, 6.07) is 5.67. The molecule has 1 fully saturated rings. The number of benzene rings is 1. The minimum Gasteiger partial charge on any atom is -0.491 e. The van der Waals surface area contributed by atoms with Crippen LogP contribution in [0.15, 0.2) is 47.7 Å². The van der Waals surface area contributed by atoms with Crippen molar-refractivity contribution in [3.05, 3.63) is 54.0 Å². The quantitative estimate of drug-likeness (QED) is 0.352. The number of hydrogen-bond donors (Lipinski definition) is 4. The molecule has 1 saturated heterocycles. The number of dihydropyridines is 1. The van der Waals surface area contributed by atoms with Gasteiger partial charge in [-0.1, -0.05) is 6.08 Å². The molecule has 192 valence electrons. The zero-order valence-corrected chi connectivity index (χ0v) is 20.9. The summed E-state index contributed by atoms with van der Waals surface area (Å²) >= 11 is 0. The predicted octanol–water partition coefficient (Wildman–Crippen LogP) is 2.43. The van der Waals surface area contributed by atoms with Gasteiger partial charge in [-0.25, -0.2) is 4.98 Å². The molecule has 10 nitrogen and oxygen atoms in total. The maximum atomic E-state index is 12.9. The number of nitrogens with zero attached hydrogens (tertiary/aromatic N) is 4. The lowest BCUT2D eigenvalue weighted by Gasteiger charge is -2.21. The number of carbonyl (C=O) groups excluding carboxylic acids is 1. The minimum absolute atomic E-state index is 0.134. The first-order valence-corrected chi connectivity index (χ1v) is 12.4. The highest BCUT2D eigenvalue weighted by molar-refractivity contribution is 5.95. The zero-order chi connectivity index (χ0) is 25.3. The molecule has 1 amide bonds. The highest BCUT2D eigenvalue weighted by Crippen LogP contribution is 2.28. The third-order valence-corrected chi connectivity index (χ3v) is 6.40. The fourth-order valence-electron chi connectivity index (χ4n) is 4.32. The summed E-state index contributed by atoms with van der Waals surface area (Å²) in [5.41, 5.74) is 1.82. The van der Waals surface area contributed by atoms with Crippen LogP contribution in [-0.4, -0.2) is 77.8 Å². The Balaban J connectivity index is 1.41. The maximum absolute atomic E-state index is 12.9. The Morgan fingerprint density at radius 3 is 2.89 bits per heavy atom. The first kappa shape index (κ1) is 25.6. The number of nitrogens with one attached hydrogen (secondary N) is 3. The number of anilines is 2. The molecular weight excluding hydrogens is 458 g/mol. The summed E-state index contributed by atoms with van der Waals surface area (Å²) < 4.78 is 6.09. The van der Waals surface area contributed by atoms with E-state index in [1.807, 2.05) is 19.1 Å². The number of ether oxygens (including phenoxy) is 1. The first-order valence-electron chi connectivity index (χ1n) is 12.4. The van der Waals surface area contributed by atoms with Crippen LogP contribution in [0.1, 0.15) is 35.3 Å². The van der Waals surface area contributed by atoms with Crippen molar-refractivity contribution in [2.75, 3.05) is 43.9 Å². The number of carbonyl (C=O) groups is 1. The summed E-state index contributed by atoms with van der Waals surface area (Å²) in [7, 11) is 2.14. The molecule has 3 unspecified atom stereocenters. The van der Waals surface area contributed by atoms with Gasteiger partial charge in [-0.05, 0) is 64.1 Å². The van der Waals surface area contributed by atoms with Gasteiger partial charge in [0.25, 0.3) is 5.91 Å². The number of aliphatic hydroxyl groups is 1. The highest BCUT2D eigenvalue weighted by atomic mass is 16.5. The molecule has 36 heavy (non-hydrogen) atoms. The Bertz CT molecular complexity index is 1070. The Morgan fingerprint density at radius 2 is 2.17 bits per heavy atom. The standard InChI is InChI=1S/C26H35N7O3/c1-18-14-30-24(16-29-18)32-26(35)31-22-8-7-20(13-23(22)36-17-19-5-3-10-27-15-19)25(34)28-11-9-21-6-4-12-33(21)2/h3,5,7-8,10,13-14,16,19,21,26,31,35H,4,6,9,11-12,15,17H2,1-2H3,(H,28,34)(H,30,32). The van der Waals surface area contributed by atoms with Gasteiger partial charge in [0.05, 0.1) is 30.4 Å². The Hall–Kier alpha value is -3.50. The van der Waals surface area contributed by atoms with E-state index in [0.717, 1.165) is 18.7 Å². The molecule has 0 aliphatic carbocycles. The lowest BCUT2D eigenvalue weighted by atomic mass is 10.1. The number of amides is 1. The largest absolute Gasteiger partial charge is 0.491 e. The topological polar surface area (TPSA) is 124 Å². The van der Waals surface area contributed by atoms with Crippen molar-refractivity contribution in [3.63, 3.8) is 0 Å². The molecule has 0 spiro atoms. The van der Waals surface area contributed by atoms with Crippen LogP contribution in [-0.2, 0) is 0 Å². The van der Waals surface area contributed by atoms with Crippen LogP contribution < -0.4 is 20.7 Å². The zero-order valence-electron chi connectivity index (χ0n) is 20.9. The minimum atomic E-state index is -1.15. The van der Waals surface area contributed by atoms with Crippen LogP contribution in [0.2, 0.25) is 0 Å². The number of aromatic nitrogens is 2. The van der Waals surface area contributed by atoms with Gasteiger partial charge in [-0.2, -0.15) is 0 Å². The molecule has 2 aliphatic heterocycles. The second kappa shape index (κ2) is 12.5. The number of rotatable bonds is 11. The lowest BCUT2D eigenvalue weighted by molar-refractivity contribution is 0.0950. The molecular formula is C26H35N7O3. The van der Waals surface area contributed by atoms with Gasteiger partial charge in [-0.3, -0.25) is 14.8 Å². The number of allylic oxidation sites excluding steroid dienone is 1. The average Bonchev–Trinajstić information content (AvgIpc) is 3.29. The van der Waals surface area contributed by atoms with Crippen LogP contribution in [0, 0.1) is 12.8 Å². The van der Waals surface area contributed by atoms with Crippen LogP contribution in [0.3, 0.4) is 0 Å². The van der Waals surface area contributed by atoms with Crippen molar-refractivity contribution in [1.29, 1.82) is 0 Å². The fraction of sp³-hybridized carbons (Fsp3) is 0.462. The highest BCUT2D eigenvalue weighted by Gasteiger charge is 2.21. The third kappa shape index (κ3) is 7.25. The van der Waals surface area contributed by atoms with Crippen molar-refractivity contribution >= 4 is 23.6 Å². The molecule has 2 aliphatic rings. The van der Waals surface area contributed by atoms with E-state index in [9.17, 15) is 9.90 Å². The molecule has 3 heterocycles. The van der Waals surface area contributed by atoms with E-state index in [1.165, 1.54) is 12.8 Å². The van der Waals surface area contributed by atoms with E-state index in [1.54, 1.807) is 36.8 Å².